The van der Waals surface area contributed by atoms with Gasteiger partial charge in [-0.1, -0.05) is 0 Å². The third-order valence-electron chi connectivity index (χ3n) is 3.03. The zero-order valence-corrected chi connectivity index (χ0v) is 14.7. The van der Waals surface area contributed by atoms with Crippen LogP contribution >= 0.6 is 0 Å². The molecule has 8 heteroatoms. The number of amides is 1. The predicted molar refractivity (Wildman–Crippen MR) is 87.7 cm³/mol. The summed E-state index contributed by atoms with van der Waals surface area (Å²) in [5, 5.41) is 2.60. The van der Waals surface area contributed by atoms with E-state index < -0.39 is 27.4 Å². The number of hydrogen-bond donors (Lipinski definition) is 1. The number of hydrogen-bond acceptors (Lipinski definition) is 5. The fraction of sp³-hybridized carbons (Fsp3) is 0.467. The highest BCUT2D eigenvalue weighted by molar-refractivity contribution is 7.88. The molecule has 0 aliphatic heterocycles. The average Bonchev–Trinajstić information content (AvgIpc) is 2.42. The van der Waals surface area contributed by atoms with E-state index >= 15 is 0 Å². The number of nitrogens with one attached hydrogen (secondary N) is 1. The standard InChI is InChI=1S/C15H22N2O5S/c1-15(2,3)17(23(5,20)21)10-13(18)16-12-8-6-11(7-9-12)14(19)22-4/h6-9H,10H2,1-5H3,(H,16,18). The van der Waals surface area contributed by atoms with Gasteiger partial charge in [0.15, 0.2) is 0 Å². The molecule has 0 fully saturated rings. The highest BCUT2D eigenvalue weighted by Gasteiger charge is 2.31. The van der Waals surface area contributed by atoms with Crippen molar-refractivity contribution in [3.05, 3.63) is 29.8 Å². The third kappa shape index (κ3) is 5.65. The van der Waals surface area contributed by atoms with E-state index in [0.717, 1.165) is 10.6 Å². The van der Waals surface area contributed by atoms with Crippen LogP contribution in [0.5, 0.6) is 0 Å². The van der Waals surface area contributed by atoms with Crippen LogP contribution in [-0.4, -0.2) is 50.0 Å². The second kappa shape index (κ2) is 7.10. The Labute approximate surface area is 136 Å². The lowest BCUT2D eigenvalue weighted by atomic mass is 10.1. The Morgan fingerprint density at radius 1 is 1.17 bits per heavy atom. The number of nitrogens with zero attached hydrogens (tertiary/aromatic N) is 1. The van der Waals surface area contributed by atoms with Crippen molar-refractivity contribution in [2.24, 2.45) is 0 Å². The Balaban J connectivity index is 2.81. The minimum absolute atomic E-state index is 0.291. The zero-order valence-electron chi connectivity index (χ0n) is 13.9. The molecule has 0 aromatic heterocycles. The van der Waals surface area contributed by atoms with Gasteiger partial charge in [0, 0.05) is 11.2 Å². The fourth-order valence-electron chi connectivity index (χ4n) is 1.99. The third-order valence-corrected chi connectivity index (χ3v) is 4.50. The Bertz CT molecular complexity index is 675. The molecule has 1 aromatic rings. The average molecular weight is 342 g/mol. The lowest BCUT2D eigenvalue weighted by Crippen LogP contribution is -2.48. The van der Waals surface area contributed by atoms with Gasteiger partial charge in [-0.15, -0.1) is 0 Å². The molecule has 1 rings (SSSR count). The number of carbonyl (C=O) groups excluding carboxylic acids is 2. The van der Waals surface area contributed by atoms with Gasteiger partial charge >= 0.3 is 5.97 Å². The highest BCUT2D eigenvalue weighted by Crippen LogP contribution is 2.17. The number of methoxy groups -OCH3 is 1. The lowest BCUT2D eigenvalue weighted by molar-refractivity contribution is -0.117. The summed E-state index contributed by atoms with van der Waals surface area (Å²) in [5.74, 6) is -0.935. The van der Waals surface area contributed by atoms with E-state index in [1.54, 1.807) is 32.9 Å². The first-order valence-corrected chi connectivity index (χ1v) is 8.76. The summed E-state index contributed by atoms with van der Waals surface area (Å²) in [6.07, 6.45) is 1.07. The van der Waals surface area contributed by atoms with Crippen LogP contribution < -0.4 is 5.32 Å². The first-order chi connectivity index (χ1) is 10.4. The molecule has 0 heterocycles. The maximum Gasteiger partial charge on any atom is 0.337 e. The van der Waals surface area contributed by atoms with Gasteiger partial charge in [-0.25, -0.2) is 13.2 Å². The smallest absolute Gasteiger partial charge is 0.337 e. The van der Waals surface area contributed by atoms with Crippen molar-refractivity contribution in [2.45, 2.75) is 26.3 Å². The van der Waals surface area contributed by atoms with E-state index in [9.17, 15) is 18.0 Å². The van der Waals surface area contributed by atoms with Crippen LogP contribution in [0, 0.1) is 0 Å². The summed E-state index contributed by atoms with van der Waals surface area (Å²) < 4.78 is 29.3. The van der Waals surface area contributed by atoms with Crippen molar-refractivity contribution in [2.75, 3.05) is 25.2 Å². The Morgan fingerprint density at radius 3 is 2.09 bits per heavy atom. The van der Waals surface area contributed by atoms with Crippen LogP contribution in [0.4, 0.5) is 5.69 Å². The van der Waals surface area contributed by atoms with Crippen molar-refractivity contribution in [1.82, 2.24) is 4.31 Å². The summed E-state index contributed by atoms with van der Waals surface area (Å²) in [6.45, 7) is 4.85. The van der Waals surface area contributed by atoms with Gasteiger partial charge in [-0.05, 0) is 45.0 Å². The van der Waals surface area contributed by atoms with Crippen LogP contribution in [-0.2, 0) is 19.6 Å². The molecule has 0 saturated heterocycles. The van der Waals surface area contributed by atoms with Crippen molar-refractivity contribution < 1.29 is 22.7 Å². The summed E-state index contributed by atoms with van der Waals surface area (Å²) >= 11 is 0. The molecule has 0 atom stereocenters. The van der Waals surface area contributed by atoms with Crippen LogP contribution in [0.1, 0.15) is 31.1 Å². The second-order valence-electron chi connectivity index (χ2n) is 6.06. The summed E-state index contributed by atoms with van der Waals surface area (Å²) in [4.78, 5) is 23.4. The maximum absolute atomic E-state index is 12.1. The molecule has 1 amide bonds. The van der Waals surface area contributed by atoms with Gasteiger partial charge in [-0.2, -0.15) is 4.31 Å². The molecule has 0 radical (unpaired) electrons. The minimum atomic E-state index is -3.52. The molecule has 0 spiro atoms. The highest BCUT2D eigenvalue weighted by atomic mass is 32.2. The van der Waals surface area contributed by atoms with E-state index in [-0.39, 0.29) is 6.54 Å². The van der Waals surface area contributed by atoms with Crippen LogP contribution in [0.25, 0.3) is 0 Å². The van der Waals surface area contributed by atoms with E-state index in [2.05, 4.69) is 10.1 Å². The molecule has 0 unspecified atom stereocenters. The number of ether oxygens (including phenoxy) is 1. The topological polar surface area (TPSA) is 92.8 Å². The van der Waals surface area contributed by atoms with Crippen molar-refractivity contribution in [3.63, 3.8) is 0 Å². The molecule has 1 N–H and O–H groups in total. The molecular weight excluding hydrogens is 320 g/mol. The predicted octanol–water partition coefficient (Wildman–Crippen LogP) is 1.47. The molecule has 7 nitrogen and oxygen atoms in total. The molecule has 0 bridgehead atoms. The quantitative estimate of drug-likeness (QED) is 0.818. The lowest BCUT2D eigenvalue weighted by Gasteiger charge is -2.32. The second-order valence-corrected chi connectivity index (χ2v) is 7.96. The largest absolute Gasteiger partial charge is 0.465 e. The Hall–Kier alpha value is -1.93. The van der Waals surface area contributed by atoms with Gasteiger partial charge in [0.25, 0.3) is 0 Å². The van der Waals surface area contributed by atoms with Gasteiger partial charge < -0.3 is 10.1 Å². The Morgan fingerprint density at radius 2 is 1.70 bits per heavy atom. The molecule has 0 aliphatic carbocycles. The normalized spacial score (nSPS) is 12.1. The van der Waals surface area contributed by atoms with E-state index in [0.29, 0.717) is 11.3 Å². The molecule has 1 aromatic carbocycles. The summed E-state index contributed by atoms with van der Waals surface area (Å²) in [7, 11) is -2.24. The summed E-state index contributed by atoms with van der Waals surface area (Å²) in [6, 6.07) is 6.12. The maximum atomic E-state index is 12.1. The van der Waals surface area contributed by atoms with Gasteiger partial charge in [0.05, 0.1) is 25.5 Å². The monoisotopic (exact) mass is 342 g/mol. The minimum Gasteiger partial charge on any atom is -0.465 e. The number of anilines is 1. The number of benzene rings is 1. The van der Waals surface area contributed by atoms with Crippen molar-refractivity contribution in [1.29, 1.82) is 0 Å². The molecular formula is C15H22N2O5S. The van der Waals surface area contributed by atoms with E-state index in [1.165, 1.54) is 19.2 Å². The van der Waals surface area contributed by atoms with Crippen LogP contribution in [0.3, 0.4) is 0 Å². The van der Waals surface area contributed by atoms with Crippen molar-refractivity contribution >= 4 is 27.6 Å². The SMILES string of the molecule is COC(=O)c1ccc(NC(=O)CN(C(C)(C)C)S(C)(=O)=O)cc1. The number of sulfonamides is 1. The van der Waals surface area contributed by atoms with Crippen LogP contribution in [0.15, 0.2) is 24.3 Å². The first-order valence-electron chi connectivity index (χ1n) is 6.91. The fourth-order valence-corrected chi connectivity index (χ4v) is 3.34. The van der Waals surface area contributed by atoms with Gasteiger partial charge in [-0.3, -0.25) is 4.79 Å². The van der Waals surface area contributed by atoms with E-state index in [4.69, 9.17) is 0 Å². The first kappa shape index (κ1) is 19.1. The van der Waals surface area contributed by atoms with Gasteiger partial charge in [0.1, 0.15) is 0 Å². The number of rotatable bonds is 5. The summed E-state index contributed by atoms with van der Waals surface area (Å²) in [5.41, 5.74) is 0.114. The van der Waals surface area contributed by atoms with Crippen LogP contribution in [0.2, 0.25) is 0 Å². The molecule has 128 valence electrons. The van der Waals surface area contributed by atoms with E-state index in [1.807, 2.05) is 0 Å². The number of esters is 1. The van der Waals surface area contributed by atoms with Gasteiger partial charge in [0.2, 0.25) is 15.9 Å². The molecule has 0 saturated carbocycles. The number of carbonyl (C=O) groups is 2. The Kier molecular flexibility index (Phi) is 5.90. The zero-order chi connectivity index (χ0) is 17.8. The molecule has 23 heavy (non-hydrogen) atoms. The molecule has 0 aliphatic rings. The van der Waals surface area contributed by atoms with Crippen molar-refractivity contribution in [3.8, 4) is 0 Å².